The Morgan fingerprint density at radius 2 is 1.45 bits per heavy atom. The van der Waals surface area contributed by atoms with Crippen molar-refractivity contribution in [1.82, 2.24) is 0 Å². The number of esters is 2. The second-order valence-corrected chi connectivity index (χ2v) is 11.6. The third kappa shape index (κ3) is 10.4. The minimum Gasteiger partial charge on any atom is -0.480 e. The maximum absolute atomic E-state index is 12.9. The van der Waals surface area contributed by atoms with Crippen LogP contribution < -0.4 is 15.2 Å². The number of benzene rings is 1. The quantitative estimate of drug-likeness (QED) is 0.142. The van der Waals surface area contributed by atoms with E-state index < -0.39 is 46.5 Å². The summed E-state index contributed by atoms with van der Waals surface area (Å²) in [5.74, 6) is -2.31. The van der Waals surface area contributed by atoms with E-state index in [2.05, 4.69) is 0 Å². The van der Waals surface area contributed by atoms with E-state index in [4.69, 9.17) is 24.7 Å². The third-order valence-corrected chi connectivity index (χ3v) is 7.15. The highest BCUT2D eigenvalue weighted by Gasteiger charge is 2.38. The van der Waals surface area contributed by atoms with Gasteiger partial charge in [0.2, 0.25) is 0 Å². The number of rotatable bonds is 16. The Bertz CT molecular complexity index is 1030. The van der Waals surface area contributed by atoms with Crippen molar-refractivity contribution >= 4 is 24.1 Å². The van der Waals surface area contributed by atoms with Gasteiger partial charge in [0, 0.05) is 12.8 Å². The molecule has 0 aliphatic rings. The van der Waals surface area contributed by atoms with Gasteiger partial charge in [0.05, 0.1) is 17.4 Å². The highest BCUT2D eigenvalue weighted by atomic mass is 16.7. The molecule has 0 saturated carbocycles. The zero-order chi connectivity index (χ0) is 30.7. The van der Waals surface area contributed by atoms with E-state index in [1.165, 1.54) is 19.1 Å². The lowest BCUT2D eigenvalue weighted by Crippen LogP contribution is -2.52. The van der Waals surface area contributed by atoms with E-state index in [0.717, 1.165) is 12.8 Å². The third-order valence-electron chi connectivity index (χ3n) is 7.15. The largest absolute Gasteiger partial charge is 0.508 e. The van der Waals surface area contributed by atoms with Crippen LogP contribution in [-0.4, -0.2) is 47.4 Å². The van der Waals surface area contributed by atoms with Gasteiger partial charge in [-0.15, -0.1) is 0 Å². The van der Waals surface area contributed by atoms with Gasteiger partial charge in [-0.3, -0.25) is 14.4 Å². The van der Waals surface area contributed by atoms with E-state index >= 15 is 0 Å². The summed E-state index contributed by atoms with van der Waals surface area (Å²) in [6.07, 6.45) is 1.51. The fraction of sp³-hybridized carbons (Fsp3) is 0.667. The molecule has 0 spiro atoms. The van der Waals surface area contributed by atoms with Crippen LogP contribution in [0.3, 0.4) is 0 Å². The van der Waals surface area contributed by atoms with Gasteiger partial charge in [-0.2, -0.15) is 0 Å². The van der Waals surface area contributed by atoms with Crippen LogP contribution in [0.1, 0.15) is 99.5 Å². The van der Waals surface area contributed by atoms with E-state index in [9.17, 15) is 24.3 Å². The molecular weight excluding hydrogens is 518 g/mol. The Morgan fingerprint density at radius 3 is 1.95 bits per heavy atom. The van der Waals surface area contributed by atoms with E-state index in [0.29, 0.717) is 24.8 Å². The van der Waals surface area contributed by atoms with Gasteiger partial charge in [-0.1, -0.05) is 39.7 Å². The average molecular weight is 566 g/mol. The summed E-state index contributed by atoms with van der Waals surface area (Å²) in [7, 11) is 0. The standard InChI is InChI=1S/C30H47NO9/c1-9-12-13-16-37-27(36)38-20(4)18-30(31,24(32)33)19-21-14-15-22(39-25(34)28(5,6)10-2)23(17-21)40-26(35)29(7,8)11-3/h14-15,17,20H,9-13,16,18-19,31H2,1-8H3,(H,32,33)/t20-,30?/m0/s1. The minimum atomic E-state index is -1.83. The van der Waals surface area contributed by atoms with Gasteiger partial charge >= 0.3 is 24.1 Å². The molecule has 0 aliphatic carbocycles. The zero-order valence-corrected chi connectivity index (χ0v) is 25.3. The number of carbonyl (C=O) groups excluding carboxylic acids is 3. The number of unbranched alkanes of at least 4 members (excludes halogenated alkanes) is 2. The van der Waals surface area contributed by atoms with Crippen LogP contribution in [0.4, 0.5) is 4.79 Å². The maximum Gasteiger partial charge on any atom is 0.508 e. The SMILES string of the molecule is CCCCCOC(=O)O[C@@H](C)CC(N)(Cc1ccc(OC(=O)C(C)(C)CC)c(OC(=O)C(C)(C)CC)c1)C(=O)O. The Hall–Kier alpha value is -3.14. The van der Waals surface area contributed by atoms with Crippen LogP contribution in [0.2, 0.25) is 0 Å². The Kier molecular flexibility index (Phi) is 13.1. The molecule has 0 aliphatic heterocycles. The molecule has 10 heteroatoms. The number of hydrogen-bond acceptors (Lipinski definition) is 9. The predicted molar refractivity (Wildman–Crippen MR) is 150 cm³/mol. The van der Waals surface area contributed by atoms with Gasteiger partial charge in [0.15, 0.2) is 11.5 Å². The highest BCUT2D eigenvalue weighted by molar-refractivity contribution is 5.82. The second-order valence-electron chi connectivity index (χ2n) is 11.6. The first kappa shape index (κ1) is 34.9. The van der Waals surface area contributed by atoms with Crippen molar-refractivity contribution in [2.75, 3.05) is 6.61 Å². The number of carboxylic acids is 1. The Labute approximate surface area is 237 Å². The molecule has 0 bridgehead atoms. The number of ether oxygens (including phenoxy) is 4. The number of carbonyl (C=O) groups is 4. The van der Waals surface area contributed by atoms with Gasteiger partial charge in [0.1, 0.15) is 11.6 Å². The van der Waals surface area contributed by atoms with Crippen LogP contribution in [0.5, 0.6) is 11.5 Å². The Balaban J connectivity index is 3.22. The summed E-state index contributed by atoms with van der Waals surface area (Å²) >= 11 is 0. The lowest BCUT2D eigenvalue weighted by molar-refractivity contribution is -0.147. The first-order valence-electron chi connectivity index (χ1n) is 13.9. The smallest absolute Gasteiger partial charge is 0.480 e. The van der Waals surface area contributed by atoms with Crippen molar-refractivity contribution in [3.05, 3.63) is 23.8 Å². The molecule has 1 rings (SSSR count). The number of aliphatic carboxylic acids is 1. The lowest BCUT2D eigenvalue weighted by atomic mass is 9.86. The summed E-state index contributed by atoms with van der Waals surface area (Å²) in [5.41, 5.74) is 3.32. The molecule has 1 aromatic carbocycles. The van der Waals surface area contributed by atoms with Crippen LogP contribution in [0.15, 0.2) is 18.2 Å². The van der Waals surface area contributed by atoms with E-state index in [1.807, 2.05) is 20.8 Å². The normalized spacial score (nSPS) is 14.0. The molecule has 0 radical (unpaired) electrons. The molecule has 0 heterocycles. The molecule has 3 N–H and O–H groups in total. The van der Waals surface area contributed by atoms with Crippen LogP contribution >= 0.6 is 0 Å². The highest BCUT2D eigenvalue weighted by Crippen LogP contribution is 2.35. The van der Waals surface area contributed by atoms with Crippen LogP contribution in [0.25, 0.3) is 0 Å². The molecule has 1 aromatic rings. The van der Waals surface area contributed by atoms with Crippen molar-refractivity contribution in [2.45, 2.75) is 112 Å². The van der Waals surface area contributed by atoms with Gasteiger partial charge in [-0.05, 0) is 71.6 Å². The minimum absolute atomic E-state index is 0.0167. The molecule has 0 aromatic heterocycles. The monoisotopic (exact) mass is 565 g/mol. The fourth-order valence-electron chi connectivity index (χ4n) is 3.45. The molecule has 0 fully saturated rings. The van der Waals surface area contributed by atoms with Crippen molar-refractivity contribution in [2.24, 2.45) is 16.6 Å². The van der Waals surface area contributed by atoms with Crippen LogP contribution in [-0.2, 0) is 30.3 Å². The molecule has 0 amide bonds. The summed E-state index contributed by atoms with van der Waals surface area (Å²) < 4.78 is 21.5. The van der Waals surface area contributed by atoms with Crippen molar-refractivity contribution in [1.29, 1.82) is 0 Å². The number of nitrogens with two attached hydrogens (primary N) is 1. The van der Waals surface area contributed by atoms with E-state index in [1.54, 1.807) is 33.8 Å². The first-order chi connectivity index (χ1) is 18.5. The zero-order valence-electron chi connectivity index (χ0n) is 25.3. The molecule has 1 unspecified atom stereocenters. The average Bonchev–Trinajstić information content (AvgIpc) is 2.87. The van der Waals surface area contributed by atoms with Crippen molar-refractivity contribution in [3.63, 3.8) is 0 Å². The maximum atomic E-state index is 12.9. The summed E-state index contributed by atoms with van der Waals surface area (Å²) in [5, 5.41) is 9.97. The molecule has 2 atom stereocenters. The molecule has 40 heavy (non-hydrogen) atoms. The van der Waals surface area contributed by atoms with E-state index in [-0.39, 0.29) is 30.9 Å². The van der Waals surface area contributed by atoms with Gasteiger partial charge < -0.3 is 29.8 Å². The molecule has 10 nitrogen and oxygen atoms in total. The number of hydrogen-bond donors (Lipinski definition) is 2. The topological polar surface area (TPSA) is 151 Å². The fourth-order valence-corrected chi connectivity index (χ4v) is 3.45. The predicted octanol–water partition coefficient (Wildman–Crippen LogP) is 5.82. The van der Waals surface area contributed by atoms with Gasteiger partial charge in [-0.25, -0.2) is 4.79 Å². The second kappa shape index (κ2) is 15.0. The first-order valence-corrected chi connectivity index (χ1v) is 13.9. The summed E-state index contributed by atoms with van der Waals surface area (Å²) in [4.78, 5) is 49.8. The Morgan fingerprint density at radius 1 is 0.900 bits per heavy atom. The molecule has 226 valence electrons. The number of carboxylic acid groups (broad SMARTS) is 1. The summed E-state index contributed by atoms with van der Waals surface area (Å²) in [6.45, 7) is 14.4. The van der Waals surface area contributed by atoms with Crippen LogP contribution in [0, 0.1) is 10.8 Å². The molecular formula is C30H47NO9. The lowest BCUT2D eigenvalue weighted by Gasteiger charge is -2.28. The van der Waals surface area contributed by atoms with Crippen molar-refractivity contribution in [3.8, 4) is 11.5 Å². The van der Waals surface area contributed by atoms with Gasteiger partial charge in [0.25, 0.3) is 0 Å². The molecule has 0 saturated heterocycles. The van der Waals surface area contributed by atoms with Crippen molar-refractivity contribution < 1.29 is 43.2 Å². The summed E-state index contributed by atoms with van der Waals surface area (Å²) in [6, 6.07) is 4.46.